The van der Waals surface area contributed by atoms with E-state index in [1.165, 1.54) is 4.31 Å². The van der Waals surface area contributed by atoms with E-state index in [0.29, 0.717) is 16.7 Å². The summed E-state index contributed by atoms with van der Waals surface area (Å²) in [6.45, 7) is 9.92. The van der Waals surface area contributed by atoms with E-state index in [1.54, 1.807) is 13.1 Å². The van der Waals surface area contributed by atoms with Gasteiger partial charge in [-0.05, 0) is 55.9 Å². The minimum Gasteiger partial charge on any atom is -0.207 e. The molecule has 3 nitrogen and oxygen atoms in total. The Bertz CT molecular complexity index is 597. The largest absolute Gasteiger partial charge is 0.243 e. The first kappa shape index (κ1) is 18.5. The van der Waals surface area contributed by atoms with Gasteiger partial charge in [0.1, 0.15) is 0 Å². The van der Waals surface area contributed by atoms with Gasteiger partial charge in [-0.3, -0.25) is 0 Å². The van der Waals surface area contributed by atoms with Gasteiger partial charge in [-0.15, -0.1) is 11.6 Å². The Balaban J connectivity index is 3.24. The molecule has 0 aromatic heterocycles. The number of hydrogen-bond acceptors (Lipinski definition) is 2. The van der Waals surface area contributed by atoms with Gasteiger partial charge in [0.2, 0.25) is 10.0 Å². The second-order valence-electron chi connectivity index (χ2n) is 6.18. The quantitative estimate of drug-likeness (QED) is 0.736. The highest BCUT2D eigenvalue weighted by Crippen LogP contribution is 2.26. The van der Waals surface area contributed by atoms with Crippen LogP contribution in [0, 0.1) is 19.8 Å². The second kappa shape index (κ2) is 7.12. The van der Waals surface area contributed by atoms with E-state index in [1.807, 2.05) is 26.8 Å². The number of alkyl halides is 1. The maximum absolute atomic E-state index is 12.8. The maximum atomic E-state index is 12.8. The summed E-state index contributed by atoms with van der Waals surface area (Å²) in [5.74, 6) is 0.773. The van der Waals surface area contributed by atoms with Crippen LogP contribution in [0.25, 0.3) is 0 Å². The lowest BCUT2D eigenvalue weighted by atomic mass is 10.1. The number of halogens is 1. The van der Waals surface area contributed by atoms with Gasteiger partial charge in [0.05, 0.1) is 4.90 Å². The van der Waals surface area contributed by atoms with Gasteiger partial charge in [-0.2, -0.15) is 4.31 Å². The van der Waals surface area contributed by atoms with Crippen molar-refractivity contribution in [2.45, 2.75) is 57.9 Å². The Hall–Kier alpha value is -0.580. The predicted molar refractivity (Wildman–Crippen MR) is 89.3 cm³/mol. The standard InChI is InChI=1S/C16H26ClNO2S/c1-11(2)7-14(5)18(6)21(19,20)16-9-15(10-17)12(3)8-13(16)4/h8-9,11,14H,7,10H2,1-6H3. The van der Waals surface area contributed by atoms with Crippen molar-refractivity contribution >= 4 is 21.6 Å². The molecule has 1 aromatic rings. The fourth-order valence-electron chi connectivity index (χ4n) is 2.52. The summed E-state index contributed by atoms with van der Waals surface area (Å²) in [5, 5.41) is 0. The molecule has 0 aliphatic rings. The third-order valence-corrected chi connectivity index (χ3v) is 6.27. The number of hydrogen-bond donors (Lipinski definition) is 0. The first-order valence-corrected chi connectivity index (χ1v) is 9.22. The zero-order chi connectivity index (χ0) is 16.4. The molecule has 5 heteroatoms. The zero-order valence-electron chi connectivity index (χ0n) is 13.8. The lowest BCUT2D eigenvalue weighted by molar-refractivity contribution is 0.337. The van der Waals surface area contributed by atoms with E-state index in [9.17, 15) is 8.42 Å². The lowest BCUT2D eigenvalue weighted by Crippen LogP contribution is -2.36. The normalized spacial score (nSPS) is 14.0. The fourth-order valence-corrected chi connectivity index (χ4v) is 4.43. The molecular formula is C16H26ClNO2S. The molecule has 1 unspecified atom stereocenters. The highest BCUT2D eigenvalue weighted by molar-refractivity contribution is 7.89. The summed E-state index contributed by atoms with van der Waals surface area (Å²) < 4.78 is 27.2. The molecule has 0 bridgehead atoms. The Kier molecular flexibility index (Phi) is 6.26. The Morgan fingerprint density at radius 1 is 1.14 bits per heavy atom. The van der Waals surface area contributed by atoms with Crippen LogP contribution in [0.2, 0.25) is 0 Å². The smallest absolute Gasteiger partial charge is 0.207 e. The summed E-state index contributed by atoms with van der Waals surface area (Å²) in [7, 11) is -1.83. The van der Waals surface area contributed by atoms with E-state index < -0.39 is 10.0 Å². The molecule has 21 heavy (non-hydrogen) atoms. The third-order valence-electron chi connectivity index (χ3n) is 3.87. The second-order valence-corrected chi connectivity index (χ2v) is 8.41. The van der Waals surface area contributed by atoms with Crippen molar-refractivity contribution in [3.05, 3.63) is 28.8 Å². The molecule has 0 radical (unpaired) electrons. The SMILES string of the molecule is Cc1cc(C)c(S(=O)(=O)N(C)C(C)CC(C)C)cc1CCl. The van der Waals surface area contributed by atoms with Crippen molar-refractivity contribution in [3.8, 4) is 0 Å². The Labute approximate surface area is 134 Å². The van der Waals surface area contributed by atoms with E-state index >= 15 is 0 Å². The molecule has 0 saturated heterocycles. The fraction of sp³-hybridized carbons (Fsp3) is 0.625. The summed E-state index contributed by atoms with van der Waals surface area (Å²) in [6.07, 6.45) is 0.836. The molecule has 0 heterocycles. The number of aryl methyl sites for hydroxylation is 2. The molecule has 0 N–H and O–H groups in total. The lowest BCUT2D eigenvalue weighted by Gasteiger charge is -2.26. The van der Waals surface area contributed by atoms with Crippen LogP contribution in [-0.4, -0.2) is 25.8 Å². The average molecular weight is 332 g/mol. The van der Waals surface area contributed by atoms with Gasteiger partial charge in [-0.25, -0.2) is 8.42 Å². The van der Waals surface area contributed by atoms with E-state index in [0.717, 1.165) is 23.1 Å². The zero-order valence-corrected chi connectivity index (χ0v) is 15.3. The number of benzene rings is 1. The van der Waals surface area contributed by atoms with Crippen molar-refractivity contribution in [3.63, 3.8) is 0 Å². The van der Waals surface area contributed by atoms with Gasteiger partial charge in [0.15, 0.2) is 0 Å². The highest BCUT2D eigenvalue weighted by atomic mass is 35.5. The summed E-state index contributed by atoms with van der Waals surface area (Å²) in [6, 6.07) is 3.58. The van der Waals surface area contributed by atoms with Crippen LogP contribution in [-0.2, 0) is 15.9 Å². The van der Waals surface area contributed by atoms with Crippen LogP contribution in [0.5, 0.6) is 0 Å². The minimum atomic E-state index is -3.49. The van der Waals surface area contributed by atoms with Crippen molar-refractivity contribution < 1.29 is 8.42 Å². The molecule has 0 fully saturated rings. The maximum Gasteiger partial charge on any atom is 0.243 e. The summed E-state index contributed by atoms with van der Waals surface area (Å²) in [4.78, 5) is 0.363. The number of nitrogens with zero attached hydrogens (tertiary/aromatic N) is 1. The molecule has 0 saturated carbocycles. The molecule has 0 amide bonds. The van der Waals surface area contributed by atoms with E-state index in [2.05, 4.69) is 13.8 Å². The average Bonchev–Trinajstić information content (AvgIpc) is 2.36. The monoisotopic (exact) mass is 331 g/mol. The van der Waals surface area contributed by atoms with Crippen LogP contribution in [0.4, 0.5) is 0 Å². The molecule has 120 valence electrons. The van der Waals surface area contributed by atoms with Crippen LogP contribution in [0.3, 0.4) is 0 Å². The topological polar surface area (TPSA) is 37.4 Å². The van der Waals surface area contributed by atoms with Crippen molar-refractivity contribution in [2.75, 3.05) is 7.05 Å². The van der Waals surface area contributed by atoms with Crippen molar-refractivity contribution in [1.29, 1.82) is 0 Å². The van der Waals surface area contributed by atoms with Gasteiger partial charge >= 0.3 is 0 Å². The van der Waals surface area contributed by atoms with Gasteiger partial charge in [-0.1, -0.05) is 19.9 Å². The van der Waals surface area contributed by atoms with E-state index in [4.69, 9.17) is 11.6 Å². The predicted octanol–water partition coefficient (Wildman–Crippen LogP) is 4.10. The first-order valence-electron chi connectivity index (χ1n) is 7.25. The van der Waals surface area contributed by atoms with Crippen LogP contribution >= 0.6 is 11.6 Å². The van der Waals surface area contributed by atoms with Crippen molar-refractivity contribution in [1.82, 2.24) is 4.31 Å². The Morgan fingerprint density at radius 2 is 1.71 bits per heavy atom. The van der Waals surface area contributed by atoms with Crippen LogP contribution < -0.4 is 0 Å². The van der Waals surface area contributed by atoms with Gasteiger partial charge in [0.25, 0.3) is 0 Å². The number of sulfonamides is 1. The molecule has 1 aromatic carbocycles. The Morgan fingerprint density at radius 3 is 2.19 bits per heavy atom. The summed E-state index contributed by atoms with van der Waals surface area (Å²) in [5.41, 5.74) is 2.66. The van der Waals surface area contributed by atoms with Gasteiger partial charge in [0, 0.05) is 19.0 Å². The summed E-state index contributed by atoms with van der Waals surface area (Å²) >= 11 is 5.91. The number of rotatable bonds is 6. The third kappa shape index (κ3) is 4.21. The molecular weight excluding hydrogens is 306 g/mol. The molecule has 0 aliphatic carbocycles. The highest BCUT2D eigenvalue weighted by Gasteiger charge is 2.27. The molecule has 0 aliphatic heterocycles. The van der Waals surface area contributed by atoms with Gasteiger partial charge < -0.3 is 0 Å². The van der Waals surface area contributed by atoms with Crippen LogP contribution in [0.15, 0.2) is 17.0 Å². The molecule has 1 rings (SSSR count). The van der Waals surface area contributed by atoms with E-state index in [-0.39, 0.29) is 6.04 Å². The van der Waals surface area contributed by atoms with Crippen LogP contribution in [0.1, 0.15) is 43.9 Å². The minimum absolute atomic E-state index is 0.0323. The molecule has 0 spiro atoms. The molecule has 1 atom stereocenters. The first-order chi connectivity index (χ1) is 9.61. The van der Waals surface area contributed by atoms with Crippen molar-refractivity contribution in [2.24, 2.45) is 5.92 Å².